The van der Waals surface area contributed by atoms with Gasteiger partial charge >= 0.3 is 24.0 Å². The molecule has 5 N–H and O–H groups in total. The first-order valence-corrected chi connectivity index (χ1v) is 21.8. The molecule has 0 saturated carbocycles. The fraction of sp³-hybridized carbons (Fsp3) is 0.356. The number of carboxylic acid groups (broad SMARTS) is 1. The zero-order chi connectivity index (χ0) is 50.0. The molecule has 6 aromatic rings. The third kappa shape index (κ3) is 15.4. The molecule has 2 aromatic carbocycles. The van der Waals surface area contributed by atoms with E-state index in [1.807, 2.05) is 60.7 Å². The van der Waals surface area contributed by atoms with Gasteiger partial charge in [0.15, 0.2) is 22.9 Å². The highest BCUT2D eigenvalue weighted by Crippen LogP contribution is 2.19. The summed E-state index contributed by atoms with van der Waals surface area (Å²) in [4.78, 5) is 118. The van der Waals surface area contributed by atoms with E-state index in [9.17, 15) is 38.7 Å². The SMILES string of the molecule is CC(C)(C)OC(=O)NCCN(CC(=O)NCCN(CC(=O)O)C(=O)Cn1cnc2c(NCC(=O)OCc3ccccc3)ncnc21)C(=O)Cn1cnc2c(NCC(=O)OCc3ccccc3)ncnc21. The van der Waals surface area contributed by atoms with Crippen LogP contribution in [0, 0.1) is 0 Å². The molecule has 25 heteroatoms. The Morgan fingerprint density at radius 2 is 1.07 bits per heavy atom. The minimum atomic E-state index is -1.31. The van der Waals surface area contributed by atoms with Crippen molar-refractivity contribution < 1.29 is 52.9 Å². The third-order valence-corrected chi connectivity index (χ3v) is 9.82. The maximum absolute atomic E-state index is 13.9. The number of fused-ring (bicyclic) bond motifs is 2. The molecular formula is C45H52N14O11. The van der Waals surface area contributed by atoms with Crippen molar-refractivity contribution in [2.45, 2.75) is 52.7 Å². The highest BCUT2D eigenvalue weighted by Gasteiger charge is 2.24. The molecular weight excluding hydrogens is 913 g/mol. The number of aromatic nitrogens is 8. The summed E-state index contributed by atoms with van der Waals surface area (Å²) in [5, 5.41) is 20.6. The molecule has 0 aliphatic heterocycles. The normalized spacial score (nSPS) is 11.1. The summed E-state index contributed by atoms with van der Waals surface area (Å²) in [5.41, 5.74) is 1.82. The average molecular weight is 965 g/mol. The molecule has 70 heavy (non-hydrogen) atoms. The van der Waals surface area contributed by atoms with Gasteiger partial charge in [-0.1, -0.05) is 60.7 Å². The molecule has 4 heterocycles. The number of anilines is 2. The maximum Gasteiger partial charge on any atom is 0.407 e. The molecule has 6 rings (SSSR count). The number of benzene rings is 2. The van der Waals surface area contributed by atoms with Gasteiger partial charge in [0.2, 0.25) is 17.7 Å². The molecule has 0 unspecified atom stereocenters. The van der Waals surface area contributed by atoms with E-state index in [1.54, 1.807) is 20.8 Å². The lowest BCUT2D eigenvalue weighted by molar-refractivity contribution is -0.144. The number of esters is 2. The van der Waals surface area contributed by atoms with E-state index in [1.165, 1.54) is 39.3 Å². The lowest BCUT2D eigenvalue weighted by atomic mass is 10.2. The summed E-state index contributed by atoms with van der Waals surface area (Å²) in [6, 6.07) is 18.3. The van der Waals surface area contributed by atoms with Crippen molar-refractivity contribution in [2.24, 2.45) is 0 Å². The van der Waals surface area contributed by atoms with Crippen molar-refractivity contribution in [3.63, 3.8) is 0 Å². The first-order valence-electron chi connectivity index (χ1n) is 21.8. The number of rotatable bonds is 24. The number of ether oxygens (including phenoxy) is 3. The number of hydrogen-bond donors (Lipinski definition) is 5. The number of carbonyl (C=O) groups excluding carboxylic acids is 6. The van der Waals surface area contributed by atoms with E-state index in [-0.39, 0.29) is 99.5 Å². The van der Waals surface area contributed by atoms with Crippen LogP contribution < -0.4 is 21.3 Å². The Hall–Kier alpha value is -8.77. The predicted molar refractivity (Wildman–Crippen MR) is 248 cm³/mol. The Kier molecular flexibility index (Phi) is 17.6. The van der Waals surface area contributed by atoms with E-state index in [0.29, 0.717) is 0 Å². The van der Waals surface area contributed by atoms with E-state index < -0.39 is 60.4 Å². The van der Waals surface area contributed by atoms with Crippen LogP contribution in [-0.2, 0) is 69.3 Å². The number of carboxylic acids is 1. The number of nitrogens with one attached hydrogen (secondary N) is 4. The third-order valence-electron chi connectivity index (χ3n) is 9.82. The number of imidazole rings is 2. The minimum absolute atomic E-state index is 0.0860. The lowest BCUT2D eigenvalue weighted by Gasteiger charge is -2.25. The summed E-state index contributed by atoms with van der Waals surface area (Å²) in [7, 11) is 0. The Balaban J connectivity index is 1.04. The fourth-order valence-electron chi connectivity index (χ4n) is 6.55. The van der Waals surface area contributed by atoms with Gasteiger partial charge in [0.1, 0.15) is 75.2 Å². The summed E-state index contributed by atoms with van der Waals surface area (Å²) in [6.45, 7) is 2.20. The lowest BCUT2D eigenvalue weighted by Crippen LogP contribution is -2.47. The molecule has 0 fully saturated rings. The van der Waals surface area contributed by atoms with Gasteiger partial charge in [-0.3, -0.25) is 28.8 Å². The predicted octanol–water partition coefficient (Wildman–Crippen LogP) is 1.36. The van der Waals surface area contributed by atoms with Crippen molar-refractivity contribution in [1.82, 2.24) is 59.5 Å². The molecule has 0 bridgehead atoms. The van der Waals surface area contributed by atoms with Crippen LogP contribution in [0.2, 0.25) is 0 Å². The van der Waals surface area contributed by atoms with Crippen molar-refractivity contribution in [3.05, 3.63) is 97.1 Å². The zero-order valence-corrected chi connectivity index (χ0v) is 38.6. The van der Waals surface area contributed by atoms with Crippen LogP contribution in [0.4, 0.5) is 16.4 Å². The number of amides is 4. The molecule has 0 aliphatic rings. The van der Waals surface area contributed by atoms with Crippen LogP contribution in [0.15, 0.2) is 86.0 Å². The van der Waals surface area contributed by atoms with Gasteiger partial charge in [-0.2, -0.15) is 0 Å². The summed E-state index contributed by atoms with van der Waals surface area (Å²) in [5.74, 6) is -3.84. The first-order chi connectivity index (χ1) is 33.6. The van der Waals surface area contributed by atoms with E-state index in [0.717, 1.165) is 16.0 Å². The first kappa shape index (κ1) is 50.6. The Morgan fingerprint density at radius 1 is 0.614 bits per heavy atom. The molecule has 25 nitrogen and oxygen atoms in total. The summed E-state index contributed by atoms with van der Waals surface area (Å²) >= 11 is 0. The Morgan fingerprint density at radius 3 is 1.53 bits per heavy atom. The van der Waals surface area contributed by atoms with Crippen LogP contribution in [0.25, 0.3) is 22.3 Å². The minimum Gasteiger partial charge on any atom is -0.480 e. The van der Waals surface area contributed by atoms with Gasteiger partial charge in [0.05, 0.1) is 19.2 Å². The molecule has 0 aliphatic carbocycles. The van der Waals surface area contributed by atoms with Crippen LogP contribution in [-0.4, -0.2) is 154 Å². The zero-order valence-electron chi connectivity index (χ0n) is 38.6. The fourth-order valence-corrected chi connectivity index (χ4v) is 6.55. The molecule has 4 amide bonds. The number of hydrogen-bond acceptors (Lipinski definition) is 18. The van der Waals surface area contributed by atoms with Crippen molar-refractivity contribution >= 4 is 75.7 Å². The van der Waals surface area contributed by atoms with Gasteiger partial charge < -0.3 is 59.5 Å². The molecule has 0 saturated heterocycles. The van der Waals surface area contributed by atoms with E-state index >= 15 is 0 Å². The van der Waals surface area contributed by atoms with Gasteiger partial charge in [0.25, 0.3) is 0 Å². The van der Waals surface area contributed by atoms with Gasteiger partial charge in [-0.25, -0.2) is 34.7 Å². The molecule has 0 atom stereocenters. The molecule has 0 radical (unpaired) electrons. The second-order valence-electron chi connectivity index (χ2n) is 16.3. The van der Waals surface area contributed by atoms with Crippen molar-refractivity contribution in [3.8, 4) is 0 Å². The molecule has 4 aromatic heterocycles. The van der Waals surface area contributed by atoms with Crippen LogP contribution >= 0.6 is 0 Å². The Bertz CT molecular complexity index is 2780. The van der Waals surface area contributed by atoms with Crippen molar-refractivity contribution in [1.29, 1.82) is 0 Å². The number of nitrogens with zero attached hydrogens (tertiary/aromatic N) is 10. The van der Waals surface area contributed by atoms with Crippen LogP contribution in [0.3, 0.4) is 0 Å². The largest absolute Gasteiger partial charge is 0.480 e. The second-order valence-corrected chi connectivity index (χ2v) is 16.3. The average Bonchev–Trinajstić information content (AvgIpc) is 3.94. The summed E-state index contributed by atoms with van der Waals surface area (Å²) in [6.07, 6.45) is 4.38. The van der Waals surface area contributed by atoms with Gasteiger partial charge in [-0.05, 0) is 31.9 Å². The monoisotopic (exact) mass is 964 g/mol. The van der Waals surface area contributed by atoms with Crippen LogP contribution in [0.1, 0.15) is 31.9 Å². The highest BCUT2D eigenvalue weighted by atomic mass is 16.6. The van der Waals surface area contributed by atoms with E-state index in [2.05, 4.69) is 51.2 Å². The number of alkyl carbamates (subject to hydrolysis) is 1. The van der Waals surface area contributed by atoms with Crippen molar-refractivity contribution in [2.75, 3.05) is 63.0 Å². The Labute approximate surface area is 400 Å². The summed E-state index contributed by atoms with van der Waals surface area (Å²) < 4.78 is 18.7. The standard InChI is InChI=1S/C45H52N14O11/c1-45(2,3)70-44(67)47-15-17-56(33(61)21-58-28-54-38-40(50-26-52-42(38)58)48-18-36(65)68-24-30-10-6-4-7-11-30)20-32(60)46-14-16-57(23-35(63)64)34(62)22-59-29-55-39-41(51-27-53-43(39)59)49-19-37(66)69-25-31-12-8-5-9-13-31/h4-13,26-29H,14-25H2,1-3H3,(H,46,60)(H,47,67)(H,63,64)(H,48,50,52)(H,49,51,53). The van der Waals surface area contributed by atoms with Crippen LogP contribution in [0.5, 0.6) is 0 Å². The highest BCUT2D eigenvalue weighted by molar-refractivity contribution is 5.89. The quantitative estimate of drug-likeness (QED) is 0.0422. The van der Waals surface area contributed by atoms with Gasteiger partial charge in [-0.15, -0.1) is 0 Å². The number of aliphatic carboxylic acids is 1. The second kappa shape index (κ2) is 24.3. The van der Waals surface area contributed by atoms with Gasteiger partial charge in [0, 0.05) is 26.2 Å². The topological polar surface area (TPSA) is 309 Å². The molecule has 0 spiro atoms. The number of carbonyl (C=O) groups is 7. The van der Waals surface area contributed by atoms with E-state index in [4.69, 9.17) is 14.2 Å². The molecule has 368 valence electrons. The maximum atomic E-state index is 13.9. The smallest absolute Gasteiger partial charge is 0.407 e.